The van der Waals surface area contributed by atoms with Gasteiger partial charge in [0.1, 0.15) is 4.90 Å². The minimum Gasteiger partial charge on any atom is -0.361 e. The van der Waals surface area contributed by atoms with Gasteiger partial charge in [-0.1, -0.05) is 30.3 Å². The minimum absolute atomic E-state index is 0.140. The highest BCUT2D eigenvalue weighted by atomic mass is 32.2. The van der Waals surface area contributed by atoms with E-state index in [1.54, 1.807) is 18.2 Å². The van der Waals surface area contributed by atoms with E-state index in [-0.39, 0.29) is 16.8 Å². The molecule has 1 amide bonds. The fourth-order valence-corrected chi connectivity index (χ4v) is 6.20. The van der Waals surface area contributed by atoms with Crippen LogP contribution in [0.1, 0.15) is 28.8 Å². The van der Waals surface area contributed by atoms with Gasteiger partial charge in [-0.05, 0) is 36.6 Å². The van der Waals surface area contributed by atoms with Gasteiger partial charge in [0, 0.05) is 36.7 Å². The summed E-state index contributed by atoms with van der Waals surface area (Å²) in [7, 11) is -3.73. The number of para-hydroxylation sites is 1. The maximum absolute atomic E-state index is 12.9. The van der Waals surface area contributed by atoms with Crippen LogP contribution in [-0.4, -0.2) is 47.6 Å². The molecule has 2 aliphatic rings. The van der Waals surface area contributed by atoms with Crippen molar-refractivity contribution >= 4 is 26.8 Å². The first-order valence-corrected chi connectivity index (χ1v) is 10.9. The van der Waals surface area contributed by atoms with Crippen LogP contribution in [0.4, 0.5) is 0 Å². The molecule has 3 aromatic rings. The minimum atomic E-state index is -3.73. The summed E-state index contributed by atoms with van der Waals surface area (Å²) in [5.74, 6) is -0.384. The van der Waals surface area contributed by atoms with Crippen LogP contribution in [0.25, 0.3) is 10.9 Å². The van der Waals surface area contributed by atoms with E-state index in [1.807, 2.05) is 18.3 Å². The number of hydrogen-bond donors (Lipinski definition) is 1. The van der Waals surface area contributed by atoms with E-state index in [1.165, 1.54) is 17.0 Å². The van der Waals surface area contributed by atoms with Crippen LogP contribution in [0.5, 0.6) is 0 Å². The molecular weight excluding hydrogens is 374 g/mol. The number of aromatic amines is 1. The van der Waals surface area contributed by atoms with Crippen LogP contribution < -0.4 is 0 Å². The van der Waals surface area contributed by atoms with Gasteiger partial charge in [0.2, 0.25) is 0 Å². The summed E-state index contributed by atoms with van der Waals surface area (Å²) >= 11 is 0. The Labute approximate surface area is 163 Å². The maximum Gasteiger partial charge on any atom is 0.269 e. The highest BCUT2D eigenvalue weighted by molar-refractivity contribution is 7.90. The van der Waals surface area contributed by atoms with Gasteiger partial charge < -0.3 is 4.98 Å². The monoisotopic (exact) mass is 395 g/mol. The van der Waals surface area contributed by atoms with Gasteiger partial charge in [-0.3, -0.25) is 9.69 Å². The standard InChI is InChI=1S/C21H21N3O3S/c25-21-18-6-2-4-8-20(18)28(26,27)24(21)16-9-11-23(12-10-16)14-15-13-22-19-7-3-1-5-17(15)19/h1-8,13,16,22H,9-12,14H2. The Hall–Kier alpha value is -2.64. The highest BCUT2D eigenvalue weighted by Gasteiger charge is 2.45. The smallest absolute Gasteiger partial charge is 0.269 e. The normalized spacial score (nSPS) is 20.0. The Morgan fingerprint density at radius 3 is 2.50 bits per heavy atom. The number of piperidine rings is 1. The highest BCUT2D eigenvalue weighted by Crippen LogP contribution is 2.34. The molecule has 0 radical (unpaired) electrons. The van der Waals surface area contributed by atoms with Gasteiger partial charge in [0.05, 0.1) is 11.6 Å². The van der Waals surface area contributed by atoms with E-state index < -0.39 is 10.0 Å². The molecule has 2 aromatic carbocycles. The van der Waals surface area contributed by atoms with Crippen LogP contribution in [0.3, 0.4) is 0 Å². The molecule has 1 N–H and O–H groups in total. The number of rotatable bonds is 3. The zero-order valence-electron chi connectivity index (χ0n) is 15.3. The quantitative estimate of drug-likeness (QED) is 0.740. The molecule has 5 rings (SSSR count). The SMILES string of the molecule is O=C1c2ccccc2S(=O)(=O)N1C1CCN(Cc2c[nH]c3ccccc23)CC1. The predicted octanol–water partition coefficient (Wildman–Crippen LogP) is 2.98. The number of carbonyl (C=O) groups excluding carboxylic acids is 1. The lowest BCUT2D eigenvalue weighted by atomic mass is 10.0. The maximum atomic E-state index is 12.9. The second-order valence-electron chi connectivity index (χ2n) is 7.47. The van der Waals surface area contributed by atoms with Gasteiger partial charge >= 0.3 is 0 Å². The molecule has 6 nitrogen and oxygen atoms in total. The molecule has 2 aliphatic heterocycles. The topological polar surface area (TPSA) is 73.5 Å². The molecule has 1 fully saturated rings. The van der Waals surface area contributed by atoms with Crippen molar-refractivity contribution in [3.63, 3.8) is 0 Å². The number of hydrogen-bond acceptors (Lipinski definition) is 4. The van der Waals surface area contributed by atoms with Crippen LogP contribution in [0.15, 0.2) is 59.6 Å². The van der Waals surface area contributed by atoms with E-state index in [0.29, 0.717) is 18.4 Å². The molecule has 0 atom stereocenters. The average molecular weight is 395 g/mol. The Morgan fingerprint density at radius 2 is 1.71 bits per heavy atom. The van der Waals surface area contributed by atoms with Crippen molar-refractivity contribution in [3.8, 4) is 0 Å². The number of carbonyl (C=O) groups is 1. The molecular formula is C21H21N3O3S. The Morgan fingerprint density at radius 1 is 1.00 bits per heavy atom. The third-order valence-electron chi connectivity index (χ3n) is 5.81. The summed E-state index contributed by atoms with van der Waals surface area (Å²) in [6.07, 6.45) is 3.35. The molecule has 1 aromatic heterocycles. The molecule has 28 heavy (non-hydrogen) atoms. The predicted molar refractivity (Wildman–Crippen MR) is 106 cm³/mol. The van der Waals surface area contributed by atoms with Crippen LogP contribution in [-0.2, 0) is 16.6 Å². The van der Waals surface area contributed by atoms with Crippen molar-refractivity contribution < 1.29 is 13.2 Å². The summed E-state index contributed by atoms with van der Waals surface area (Å²) in [4.78, 5) is 18.5. The zero-order valence-corrected chi connectivity index (χ0v) is 16.2. The first kappa shape index (κ1) is 17.5. The van der Waals surface area contributed by atoms with Gasteiger partial charge in [-0.25, -0.2) is 12.7 Å². The van der Waals surface area contributed by atoms with Gasteiger partial charge in [-0.15, -0.1) is 0 Å². The third kappa shape index (κ3) is 2.65. The van der Waals surface area contributed by atoms with Gasteiger partial charge in [0.25, 0.3) is 15.9 Å². The molecule has 0 unspecified atom stereocenters. The summed E-state index contributed by atoms with van der Waals surface area (Å²) in [6.45, 7) is 2.34. The van der Waals surface area contributed by atoms with E-state index in [9.17, 15) is 13.2 Å². The molecule has 0 saturated carbocycles. The molecule has 1 saturated heterocycles. The molecule has 0 bridgehead atoms. The fourth-order valence-electron chi connectivity index (χ4n) is 4.38. The van der Waals surface area contributed by atoms with Crippen molar-refractivity contribution in [1.29, 1.82) is 0 Å². The zero-order chi connectivity index (χ0) is 19.3. The van der Waals surface area contributed by atoms with Crippen LogP contribution in [0, 0.1) is 0 Å². The van der Waals surface area contributed by atoms with Gasteiger partial charge in [0.15, 0.2) is 0 Å². The van der Waals surface area contributed by atoms with Gasteiger partial charge in [-0.2, -0.15) is 0 Å². The molecule has 3 heterocycles. The van der Waals surface area contributed by atoms with Crippen molar-refractivity contribution in [1.82, 2.24) is 14.2 Å². The molecule has 0 aliphatic carbocycles. The average Bonchev–Trinajstić information content (AvgIpc) is 3.20. The molecule has 0 spiro atoms. The number of nitrogens with one attached hydrogen (secondary N) is 1. The van der Waals surface area contributed by atoms with Crippen molar-refractivity contribution in [2.45, 2.75) is 30.3 Å². The first-order chi connectivity index (χ1) is 13.6. The van der Waals surface area contributed by atoms with E-state index >= 15 is 0 Å². The summed E-state index contributed by atoms with van der Waals surface area (Å²) in [5, 5.41) is 1.22. The van der Waals surface area contributed by atoms with E-state index in [4.69, 9.17) is 0 Å². The number of likely N-dealkylation sites (tertiary alicyclic amines) is 1. The summed E-state index contributed by atoms with van der Waals surface area (Å²) in [6, 6.07) is 14.4. The number of benzene rings is 2. The number of sulfonamides is 1. The first-order valence-electron chi connectivity index (χ1n) is 9.51. The fraction of sp³-hybridized carbons (Fsp3) is 0.286. The molecule has 144 valence electrons. The Balaban J connectivity index is 1.31. The second kappa shape index (κ2) is 6.46. The van der Waals surface area contributed by atoms with Crippen LogP contribution in [0.2, 0.25) is 0 Å². The van der Waals surface area contributed by atoms with Crippen LogP contribution >= 0.6 is 0 Å². The van der Waals surface area contributed by atoms with Crippen molar-refractivity contribution in [2.24, 2.45) is 0 Å². The molecule has 7 heteroatoms. The summed E-state index contributed by atoms with van der Waals surface area (Å²) < 4.78 is 26.9. The number of nitrogens with zero attached hydrogens (tertiary/aromatic N) is 2. The lowest BCUT2D eigenvalue weighted by molar-refractivity contribution is 0.0769. The number of amides is 1. The number of aromatic nitrogens is 1. The lowest BCUT2D eigenvalue weighted by Gasteiger charge is -2.35. The van der Waals surface area contributed by atoms with Crippen molar-refractivity contribution in [2.75, 3.05) is 13.1 Å². The van der Waals surface area contributed by atoms with E-state index in [0.717, 1.165) is 29.5 Å². The largest absolute Gasteiger partial charge is 0.361 e. The number of fused-ring (bicyclic) bond motifs is 2. The van der Waals surface area contributed by atoms with Crippen molar-refractivity contribution in [3.05, 3.63) is 65.9 Å². The lowest BCUT2D eigenvalue weighted by Crippen LogP contribution is -2.47. The summed E-state index contributed by atoms with van der Waals surface area (Å²) in [5.41, 5.74) is 2.66. The van der Waals surface area contributed by atoms with E-state index in [2.05, 4.69) is 22.0 Å². The number of H-pyrrole nitrogens is 1. The Kier molecular flexibility index (Phi) is 4.03. The third-order valence-corrected chi connectivity index (χ3v) is 7.71. The second-order valence-corrected chi connectivity index (χ2v) is 9.25. The Bertz CT molecular complexity index is 1160.